The molecule has 0 saturated carbocycles. The lowest BCUT2D eigenvalue weighted by molar-refractivity contribution is -0.122. The fourth-order valence-corrected chi connectivity index (χ4v) is 5.38. The molecule has 0 spiro atoms. The zero-order valence-corrected chi connectivity index (χ0v) is 25.9. The number of amides is 2. The molecule has 0 radical (unpaired) electrons. The van der Waals surface area contributed by atoms with Crippen LogP contribution in [0.15, 0.2) is 67.5 Å². The van der Waals surface area contributed by atoms with Crippen molar-refractivity contribution in [2.45, 2.75) is 6.61 Å². The summed E-state index contributed by atoms with van der Waals surface area (Å²) in [6, 6.07) is 13.9. The van der Waals surface area contributed by atoms with Gasteiger partial charge in [-0.15, -0.1) is 0 Å². The topological polar surface area (TPSA) is 67.9 Å². The summed E-state index contributed by atoms with van der Waals surface area (Å²) in [5.41, 5.74) is 1.72. The number of methoxy groups -OCH3 is 1. The van der Waals surface area contributed by atoms with Gasteiger partial charge in [-0.25, -0.2) is 0 Å². The fourth-order valence-electron chi connectivity index (χ4n) is 3.44. The van der Waals surface area contributed by atoms with Crippen LogP contribution in [0.1, 0.15) is 11.1 Å². The molecule has 37 heavy (non-hydrogen) atoms. The molecule has 0 atom stereocenters. The molecule has 0 aliphatic carbocycles. The first kappa shape index (κ1) is 28.1. The number of anilines is 1. The molecule has 1 heterocycles. The molecule has 4 rings (SSSR count). The standard InChI is InChI=1S/C25H15Br3Cl2N2O4S/c1-35-19-9-13(20(27)21(28)22(19)36-11-12-5-6-17(29)18(30)7-12)8-16-23(33)31-25(37)32(24(16)34)15-4-2-3-14(26)10-15/h2-10H,11H2,1H3,(H,31,33,37)/b16-8+. The second-order valence-electron chi connectivity index (χ2n) is 7.60. The van der Waals surface area contributed by atoms with Gasteiger partial charge < -0.3 is 9.47 Å². The number of carbonyl (C=O) groups excluding carboxylic acids is 2. The van der Waals surface area contributed by atoms with Crippen LogP contribution in [0.4, 0.5) is 5.69 Å². The van der Waals surface area contributed by atoms with Crippen LogP contribution >= 0.6 is 83.2 Å². The largest absolute Gasteiger partial charge is 0.493 e. The Morgan fingerprint density at radius 3 is 2.46 bits per heavy atom. The summed E-state index contributed by atoms with van der Waals surface area (Å²) in [6.45, 7) is 0.193. The maximum atomic E-state index is 13.4. The smallest absolute Gasteiger partial charge is 0.270 e. The third-order valence-electron chi connectivity index (χ3n) is 5.21. The first-order valence-electron chi connectivity index (χ1n) is 10.4. The Bertz CT molecular complexity index is 1480. The highest BCUT2D eigenvalue weighted by atomic mass is 79.9. The molecule has 1 aliphatic heterocycles. The Morgan fingerprint density at radius 2 is 1.78 bits per heavy atom. The second-order valence-corrected chi connectivity index (χ2v) is 11.3. The fraction of sp³-hybridized carbons (Fsp3) is 0.0800. The highest BCUT2D eigenvalue weighted by molar-refractivity contribution is 9.13. The minimum Gasteiger partial charge on any atom is -0.493 e. The van der Waals surface area contributed by atoms with Crippen LogP contribution in [0.25, 0.3) is 6.08 Å². The Labute approximate surface area is 253 Å². The number of nitrogens with one attached hydrogen (secondary N) is 1. The predicted molar refractivity (Wildman–Crippen MR) is 160 cm³/mol. The number of nitrogens with zero attached hydrogens (tertiary/aromatic N) is 1. The number of benzene rings is 3. The van der Waals surface area contributed by atoms with E-state index in [4.69, 9.17) is 44.9 Å². The van der Waals surface area contributed by atoms with E-state index in [0.717, 1.165) is 10.0 Å². The molecule has 3 aromatic rings. The number of hydrogen-bond acceptors (Lipinski definition) is 5. The summed E-state index contributed by atoms with van der Waals surface area (Å²) in [6.07, 6.45) is 1.46. The van der Waals surface area contributed by atoms with Gasteiger partial charge in [0.2, 0.25) is 0 Å². The van der Waals surface area contributed by atoms with Gasteiger partial charge in [0.05, 0.1) is 27.3 Å². The molecular formula is C25H15Br3Cl2N2O4S. The van der Waals surface area contributed by atoms with Crippen LogP contribution in [0.3, 0.4) is 0 Å². The minimum absolute atomic E-state index is 0.00544. The number of rotatable bonds is 6. The van der Waals surface area contributed by atoms with Crippen LogP contribution in [0.5, 0.6) is 11.5 Å². The van der Waals surface area contributed by atoms with Gasteiger partial charge in [-0.2, -0.15) is 0 Å². The van der Waals surface area contributed by atoms with Gasteiger partial charge in [0.1, 0.15) is 12.2 Å². The molecule has 1 aliphatic rings. The van der Waals surface area contributed by atoms with E-state index in [1.165, 1.54) is 18.1 Å². The van der Waals surface area contributed by atoms with Crippen LogP contribution in [-0.4, -0.2) is 24.0 Å². The molecule has 1 fully saturated rings. The van der Waals surface area contributed by atoms with Crippen LogP contribution in [0.2, 0.25) is 10.0 Å². The molecule has 6 nitrogen and oxygen atoms in total. The summed E-state index contributed by atoms with van der Waals surface area (Å²) >= 11 is 27.8. The van der Waals surface area contributed by atoms with E-state index in [1.54, 1.807) is 42.5 Å². The van der Waals surface area contributed by atoms with E-state index in [-0.39, 0.29) is 17.3 Å². The van der Waals surface area contributed by atoms with Crippen molar-refractivity contribution in [3.05, 3.63) is 88.7 Å². The summed E-state index contributed by atoms with van der Waals surface area (Å²) in [7, 11) is 1.49. The molecule has 2 amide bonds. The third-order valence-corrected chi connectivity index (χ3v) is 8.87. The Morgan fingerprint density at radius 1 is 1.03 bits per heavy atom. The van der Waals surface area contributed by atoms with Crippen molar-refractivity contribution in [1.29, 1.82) is 0 Å². The summed E-state index contributed by atoms with van der Waals surface area (Å²) in [5.74, 6) is -0.374. The van der Waals surface area contributed by atoms with E-state index in [0.29, 0.717) is 41.7 Å². The SMILES string of the molecule is COc1cc(/C=C2\C(=O)NC(=S)N(c3cccc(Br)c3)C2=O)c(Br)c(Br)c1OCc1ccc(Cl)c(Cl)c1. The van der Waals surface area contributed by atoms with E-state index in [1.807, 2.05) is 6.07 Å². The lowest BCUT2D eigenvalue weighted by Gasteiger charge is -2.29. The summed E-state index contributed by atoms with van der Waals surface area (Å²) < 4.78 is 13.4. The molecule has 190 valence electrons. The molecular weight excluding hydrogens is 735 g/mol. The molecule has 0 aromatic heterocycles. The first-order valence-corrected chi connectivity index (χ1v) is 13.9. The van der Waals surface area contributed by atoms with E-state index in [2.05, 4.69) is 53.1 Å². The van der Waals surface area contributed by atoms with E-state index in [9.17, 15) is 9.59 Å². The van der Waals surface area contributed by atoms with Crippen LogP contribution in [0, 0.1) is 0 Å². The van der Waals surface area contributed by atoms with Gasteiger partial charge >= 0.3 is 0 Å². The number of thiocarbonyl (C=S) groups is 1. The third kappa shape index (κ3) is 6.05. The highest BCUT2D eigenvalue weighted by Gasteiger charge is 2.35. The maximum Gasteiger partial charge on any atom is 0.270 e. The second kappa shape index (κ2) is 11.8. The predicted octanol–water partition coefficient (Wildman–Crippen LogP) is 7.70. The number of halogens is 5. The molecule has 0 bridgehead atoms. The van der Waals surface area contributed by atoms with E-state index < -0.39 is 11.8 Å². The van der Waals surface area contributed by atoms with Crippen molar-refractivity contribution < 1.29 is 19.1 Å². The van der Waals surface area contributed by atoms with Gasteiger partial charge in [-0.3, -0.25) is 19.8 Å². The number of hydrogen-bond donors (Lipinski definition) is 1. The van der Waals surface area contributed by atoms with E-state index >= 15 is 0 Å². The maximum absolute atomic E-state index is 13.4. The Hall–Kier alpha value is -1.95. The van der Waals surface area contributed by atoms with Crippen molar-refractivity contribution in [3.63, 3.8) is 0 Å². The summed E-state index contributed by atoms with van der Waals surface area (Å²) in [4.78, 5) is 27.4. The van der Waals surface area contributed by atoms with Crippen molar-refractivity contribution in [2.75, 3.05) is 12.0 Å². The monoisotopic (exact) mass is 746 g/mol. The normalized spacial score (nSPS) is 14.7. The molecule has 1 saturated heterocycles. The average molecular weight is 750 g/mol. The zero-order valence-electron chi connectivity index (χ0n) is 18.8. The van der Waals surface area contributed by atoms with Crippen molar-refractivity contribution >= 4 is 112 Å². The molecule has 1 N–H and O–H groups in total. The lowest BCUT2D eigenvalue weighted by Crippen LogP contribution is -2.54. The number of carbonyl (C=O) groups is 2. The van der Waals surface area contributed by atoms with Crippen molar-refractivity contribution in [1.82, 2.24) is 5.32 Å². The molecule has 0 unspecified atom stereocenters. The van der Waals surface area contributed by atoms with Gasteiger partial charge in [-0.05, 0) is 97.7 Å². The lowest BCUT2D eigenvalue weighted by atomic mass is 10.1. The summed E-state index contributed by atoms with van der Waals surface area (Å²) in [5, 5.41) is 3.44. The Kier molecular flexibility index (Phi) is 8.98. The van der Waals surface area contributed by atoms with Crippen molar-refractivity contribution in [3.8, 4) is 11.5 Å². The molecule has 3 aromatic carbocycles. The van der Waals surface area contributed by atoms with Crippen molar-refractivity contribution in [2.24, 2.45) is 0 Å². The quantitative estimate of drug-likeness (QED) is 0.159. The minimum atomic E-state index is -0.608. The van der Waals surface area contributed by atoms with Crippen LogP contribution < -0.4 is 19.7 Å². The zero-order chi connectivity index (χ0) is 26.9. The van der Waals surface area contributed by atoms with Gasteiger partial charge in [-0.1, -0.05) is 51.3 Å². The van der Waals surface area contributed by atoms with Gasteiger partial charge in [0, 0.05) is 8.95 Å². The highest BCUT2D eigenvalue weighted by Crippen LogP contribution is 2.44. The number of ether oxygens (including phenoxy) is 2. The molecule has 12 heteroatoms. The Balaban J connectivity index is 1.69. The van der Waals surface area contributed by atoms with Crippen LogP contribution in [-0.2, 0) is 16.2 Å². The van der Waals surface area contributed by atoms with Gasteiger partial charge in [0.15, 0.2) is 16.6 Å². The van der Waals surface area contributed by atoms with Gasteiger partial charge in [0.25, 0.3) is 11.8 Å². The average Bonchev–Trinajstić information content (AvgIpc) is 2.85. The first-order chi connectivity index (χ1) is 17.6.